The summed E-state index contributed by atoms with van der Waals surface area (Å²) >= 11 is 0. The molecule has 106 valence electrons. The maximum atomic E-state index is 11.9. The van der Waals surface area contributed by atoms with E-state index in [0.717, 1.165) is 5.56 Å². The summed E-state index contributed by atoms with van der Waals surface area (Å²) in [6.07, 6.45) is 4.36. The molecule has 5 nitrogen and oxygen atoms in total. The van der Waals surface area contributed by atoms with Crippen LogP contribution >= 0.6 is 0 Å². The third-order valence-corrected chi connectivity index (χ3v) is 2.68. The predicted octanol–water partition coefficient (Wildman–Crippen LogP) is 1.25. The molecule has 0 atom stereocenters. The van der Waals surface area contributed by atoms with Crippen molar-refractivity contribution >= 4 is 5.91 Å². The molecular weight excluding hydrogens is 244 g/mol. The van der Waals surface area contributed by atoms with Crippen LogP contribution in [0.5, 0.6) is 5.75 Å². The second-order valence-corrected chi connectivity index (χ2v) is 5.30. The quantitative estimate of drug-likeness (QED) is 0.842. The molecule has 1 rings (SSSR count). The minimum absolute atomic E-state index is 0.00458. The Morgan fingerprint density at radius 2 is 2.16 bits per heavy atom. The summed E-state index contributed by atoms with van der Waals surface area (Å²) in [4.78, 5) is 17.5. The van der Waals surface area contributed by atoms with Gasteiger partial charge in [-0.1, -0.05) is 0 Å². The summed E-state index contributed by atoms with van der Waals surface area (Å²) in [6.45, 7) is 3.69. The molecule has 0 unspecified atom stereocenters. The average Bonchev–Trinajstić information content (AvgIpc) is 2.34. The minimum Gasteiger partial charge on any atom is -0.495 e. The van der Waals surface area contributed by atoms with Gasteiger partial charge >= 0.3 is 0 Å². The Bertz CT molecular complexity index is 427. The Balaban J connectivity index is 2.49. The maximum Gasteiger partial charge on any atom is 0.222 e. The van der Waals surface area contributed by atoms with Crippen molar-refractivity contribution in [2.45, 2.75) is 32.3 Å². The van der Waals surface area contributed by atoms with Crippen LogP contribution in [0.2, 0.25) is 0 Å². The van der Waals surface area contributed by atoms with E-state index in [1.54, 1.807) is 45.3 Å². The van der Waals surface area contributed by atoms with E-state index in [9.17, 15) is 9.90 Å². The van der Waals surface area contributed by atoms with Gasteiger partial charge in [-0.15, -0.1) is 0 Å². The van der Waals surface area contributed by atoms with Gasteiger partial charge in [-0.2, -0.15) is 0 Å². The van der Waals surface area contributed by atoms with E-state index in [4.69, 9.17) is 4.74 Å². The Morgan fingerprint density at radius 1 is 1.47 bits per heavy atom. The topological polar surface area (TPSA) is 62.7 Å². The lowest BCUT2D eigenvalue weighted by molar-refractivity contribution is -0.132. The SMILES string of the molecule is COc1cncc(CCC(=O)N(C)CC(C)(C)O)c1. The molecule has 0 saturated carbocycles. The van der Waals surface area contributed by atoms with Gasteiger partial charge in [0, 0.05) is 26.2 Å². The summed E-state index contributed by atoms with van der Waals surface area (Å²) in [6, 6.07) is 1.87. The molecule has 1 N–H and O–H groups in total. The molecule has 1 aromatic heterocycles. The Morgan fingerprint density at radius 3 is 2.74 bits per heavy atom. The fourth-order valence-electron chi connectivity index (χ4n) is 1.82. The van der Waals surface area contributed by atoms with Crippen LogP contribution in [0.1, 0.15) is 25.8 Å². The molecule has 0 aliphatic heterocycles. The zero-order chi connectivity index (χ0) is 14.5. The molecule has 1 amide bonds. The van der Waals surface area contributed by atoms with Gasteiger partial charge in [-0.05, 0) is 31.9 Å². The molecule has 0 bridgehead atoms. The number of aromatic nitrogens is 1. The third kappa shape index (κ3) is 5.70. The van der Waals surface area contributed by atoms with Gasteiger partial charge in [0.05, 0.1) is 18.9 Å². The van der Waals surface area contributed by atoms with Crippen molar-refractivity contribution in [1.82, 2.24) is 9.88 Å². The van der Waals surface area contributed by atoms with Crippen molar-refractivity contribution < 1.29 is 14.6 Å². The van der Waals surface area contributed by atoms with E-state index in [1.165, 1.54) is 0 Å². The van der Waals surface area contributed by atoms with Crippen LogP contribution < -0.4 is 4.74 Å². The van der Waals surface area contributed by atoms with Crippen LogP contribution in [0.15, 0.2) is 18.5 Å². The average molecular weight is 266 g/mol. The monoisotopic (exact) mass is 266 g/mol. The largest absolute Gasteiger partial charge is 0.495 e. The second-order valence-electron chi connectivity index (χ2n) is 5.30. The van der Waals surface area contributed by atoms with Gasteiger partial charge in [-0.3, -0.25) is 9.78 Å². The fourth-order valence-corrected chi connectivity index (χ4v) is 1.82. The van der Waals surface area contributed by atoms with Gasteiger partial charge in [-0.25, -0.2) is 0 Å². The van der Waals surface area contributed by atoms with Crippen LogP contribution in [-0.2, 0) is 11.2 Å². The number of hydrogen-bond donors (Lipinski definition) is 1. The highest BCUT2D eigenvalue weighted by molar-refractivity contribution is 5.76. The molecule has 5 heteroatoms. The number of carbonyl (C=O) groups excluding carboxylic acids is 1. The molecule has 0 radical (unpaired) electrons. The van der Waals surface area contributed by atoms with Crippen molar-refractivity contribution in [3.8, 4) is 5.75 Å². The number of ether oxygens (including phenoxy) is 1. The number of likely N-dealkylation sites (N-methyl/N-ethyl adjacent to an activating group) is 1. The summed E-state index contributed by atoms with van der Waals surface area (Å²) < 4.78 is 5.08. The number of aryl methyl sites for hydroxylation is 1. The van der Waals surface area contributed by atoms with Crippen LogP contribution in [0.4, 0.5) is 0 Å². The zero-order valence-electron chi connectivity index (χ0n) is 12.0. The smallest absolute Gasteiger partial charge is 0.222 e. The van der Waals surface area contributed by atoms with Crippen LogP contribution in [0.25, 0.3) is 0 Å². The third-order valence-electron chi connectivity index (χ3n) is 2.68. The number of nitrogens with zero attached hydrogens (tertiary/aromatic N) is 2. The van der Waals surface area contributed by atoms with Crippen molar-refractivity contribution in [3.63, 3.8) is 0 Å². The number of methoxy groups -OCH3 is 1. The van der Waals surface area contributed by atoms with Crippen LogP contribution in [-0.4, -0.2) is 47.2 Å². The normalized spacial score (nSPS) is 11.2. The summed E-state index contributed by atoms with van der Waals surface area (Å²) in [7, 11) is 3.28. The number of pyridine rings is 1. The van der Waals surface area contributed by atoms with Crippen LogP contribution in [0.3, 0.4) is 0 Å². The number of aliphatic hydroxyl groups is 1. The first kappa shape index (κ1) is 15.4. The molecule has 0 aliphatic rings. The molecule has 1 heterocycles. The van der Waals surface area contributed by atoms with Crippen molar-refractivity contribution in [1.29, 1.82) is 0 Å². The zero-order valence-corrected chi connectivity index (χ0v) is 12.0. The molecule has 0 aromatic carbocycles. The summed E-state index contributed by atoms with van der Waals surface area (Å²) in [5.41, 5.74) is 0.0893. The lowest BCUT2D eigenvalue weighted by Gasteiger charge is -2.25. The summed E-state index contributed by atoms with van der Waals surface area (Å²) in [5, 5.41) is 9.67. The molecule has 1 aromatic rings. The van der Waals surface area contributed by atoms with Gasteiger partial charge in [0.2, 0.25) is 5.91 Å². The van der Waals surface area contributed by atoms with Crippen molar-refractivity contribution in [3.05, 3.63) is 24.0 Å². The van der Waals surface area contributed by atoms with Crippen molar-refractivity contribution in [2.75, 3.05) is 20.7 Å². The standard InChI is InChI=1S/C14H22N2O3/c1-14(2,18)10-16(3)13(17)6-5-11-7-12(19-4)9-15-8-11/h7-9,18H,5-6,10H2,1-4H3. The van der Waals surface area contributed by atoms with Gasteiger partial charge < -0.3 is 14.7 Å². The van der Waals surface area contributed by atoms with Crippen molar-refractivity contribution in [2.24, 2.45) is 0 Å². The molecule has 0 saturated heterocycles. The highest BCUT2D eigenvalue weighted by atomic mass is 16.5. The van der Waals surface area contributed by atoms with E-state index in [2.05, 4.69) is 4.98 Å². The second kappa shape index (κ2) is 6.52. The van der Waals surface area contributed by atoms with E-state index in [0.29, 0.717) is 25.1 Å². The molecule has 0 spiro atoms. The summed E-state index contributed by atoms with van der Waals surface area (Å²) in [5.74, 6) is 0.694. The number of carbonyl (C=O) groups is 1. The fraction of sp³-hybridized carbons (Fsp3) is 0.571. The highest BCUT2D eigenvalue weighted by Crippen LogP contribution is 2.12. The first-order valence-electron chi connectivity index (χ1n) is 6.26. The molecule has 0 aliphatic carbocycles. The molecule has 0 fully saturated rings. The van der Waals surface area contributed by atoms with Gasteiger partial charge in [0.25, 0.3) is 0 Å². The molecule has 19 heavy (non-hydrogen) atoms. The predicted molar refractivity (Wildman–Crippen MR) is 73.0 cm³/mol. The van der Waals surface area contributed by atoms with Gasteiger partial charge in [0.1, 0.15) is 5.75 Å². The van der Waals surface area contributed by atoms with E-state index >= 15 is 0 Å². The minimum atomic E-state index is -0.873. The maximum absolute atomic E-state index is 11.9. The van der Waals surface area contributed by atoms with E-state index < -0.39 is 5.60 Å². The Labute approximate surface area is 114 Å². The van der Waals surface area contributed by atoms with E-state index in [1.807, 2.05) is 6.07 Å². The van der Waals surface area contributed by atoms with E-state index in [-0.39, 0.29) is 5.91 Å². The Hall–Kier alpha value is -1.62. The molecular formula is C14H22N2O3. The Kier molecular flexibility index (Phi) is 5.30. The number of rotatable bonds is 6. The number of hydrogen-bond acceptors (Lipinski definition) is 4. The lowest BCUT2D eigenvalue weighted by atomic mass is 10.1. The first-order valence-corrected chi connectivity index (χ1v) is 6.26. The number of amides is 1. The lowest BCUT2D eigenvalue weighted by Crippen LogP contribution is -2.39. The van der Waals surface area contributed by atoms with Crippen LogP contribution in [0, 0.1) is 0 Å². The van der Waals surface area contributed by atoms with Gasteiger partial charge in [0.15, 0.2) is 0 Å². The first-order chi connectivity index (χ1) is 8.81. The highest BCUT2D eigenvalue weighted by Gasteiger charge is 2.19.